The van der Waals surface area contributed by atoms with Crippen molar-refractivity contribution in [3.05, 3.63) is 126 Å². The summed E-state index contributed by atoms with van der Waals surface area (Å²) in [5, 5.41) is 0. The average Bonchev–Trinajstić information content (AvgIpc) is 3.42. The van der Waals surface area contributed by atoms with Gasteiger partial charge in [-0.1, -0.05) is 117 Å². The van der Waals surface area contributed by atoms with E-state index in [9.17, 15) is 0 Å². The molecule has 43 heavy (non-hydrogen) atoms. The van der Waals surface area contributed by atoms with E-state index in [0.717, 1.165) is 85.1 Å². The molecule has 222 valence electrons. The molecule has 5 aromatic rings. The number of ether oxygens (including phenoxy) is 2. The highest BCUT2D eigenvalue weighted by molar-refractivity contribution is 5.68. The first kappa shape index (κ1) is 30.1. The van der Waals surface area contributed by atoms with E-state index >= 15 is 0 Å². The number of aromatic nitrogens is 2. The van der Waals surface area contributed by atoms with E-state index in [-0.39, 0.29) is 0 Å². The number of hydrogen-bond donors (Lipinski definition) is 0. The number of nitrogens with zero attached hydrogens (tertiary/aromatic N) is 3. The van der Waals surface area contributed by atoms with Gasteiger partial charge in [0, 0.05) is 30.8 Å². The zero-order valence-electron chi connectivity index (χ0n) is 25.7. The highest BCUT2D eigenvalue weighted by atomic mass is 16.5. The molecule has 0 aliphatic carbocycles. The smallest absolute Gasteiger partial charge is 0.161 e. The van der Waals surface area contributed by atoms with Crippen molar-refractivity contribution in [1.29, 1.82) is 0 Å². The molecule has 0 fully saturated rings. The van der Waals surface area contributed by atoms with Gasteiger partial charge in [0.15, 0.2) is 11.5 Å². The molecule has 0 amide bonds. The van der Waals surface area contributed by atoms with E-state index in [2.05, 4.69) is 108 Å². The van der Waals surface area contributed by atoms with Gasteiger partial charge in [-0.05, 0) is 42.6 Å². The van der Waals surface area contributed by atoms with Crippen LogP contribution >= 0.6 is 0 Å². The van der Waals surface area contributed by atoms with E-state index in [1.165, 1.54) is 11.3 Å². The molecule has 5 heteroatoms. The largest absolute Gasteiger partial charge is 0.493 e. The lowest BCUT2D eigenvalue weighted by atomic mass is 10.1. The second kappa shape index (κ2) is 15.2. The third-order valence-electron chi connectivity index (χ3n) is 7.67. The van der Waals surface area contributed by atoms with Crippen LogP contribution in [0, 0.1) is 0 Å². The molecule has 5 rings (SSSR count). The number of imidazole rings is 1. The Balaban J connectivity index is 1.48. The van der Waals surface area contributed by atoms with Crippen LogP contribution in [0.25, 0.3) is 22.6 Å². The maximum absolute atomic E-state index is 6.25. The molecule has 0 saturated carbocycles. The van der Waals surface area contributed by atoms with E-state index in [0.29, 0.717) is 6.61 Å². The number of hydrogen-bond acceptors (Lipinski definition) is 4. The molecular formula is C38H43N3O2. The summed E-state index contributed by atoms with van der Waals surface area (Å²) in [7, 11) is 1.70. The Bertz CT molecular complexity index is 1550. The summed E-state index contributed by atoms with van der Waals surface area (Å²) in [6.45, 7) is 8.51. The van der Waals surface area contributed by atoms with Crippen LogP contribution in [-0.2, 0) is 26.2 Å². The van der Waals surface area contributed by atoms with Crippen molar-refractivity contribution in [3.8, 4) is 34.1 Å². The van der Waals surface area contributed by atoms with Crippen LogP contribution in [-0.4, -0.2) is 28.1 Å². The zero-order valence-corrected chi connectivity index (χ0v) is 25.7. The van der Waals surface area contributed by atoms with Crippen LogP contribution in [0.1, 0.15) is 49.9 Å². The minimum absolute atomic E-state index is 0.499. The van der Waals surface area contributed by atoms with Gasteiger partial charge in [-0.2, -0.15) is 0 Å². The Hall–Kier alpha value is -4.35. The lowest BCUT2D eigenvalue weighted by Crippen LogP contribution is -2.25. The predicted molar refractivity (Wildman–Crippen MR) is 176 cm³/mol. The van der Waals surface area contributed by atoms with E-state index in [1.54, 1.807) is 7.11 Å². The van der Waals surface area contributed by atoms with Gasteiger partial charge in [0.25, 0.3) is 0 Å². The second-order valence-electron chi connectivity index (χ2n) is 10.9. The molecule has 0 atom stereocenters. The van der Waals surface area contributed by atoms with Gasteiger partial charge in [0.1, 0.15) is 12.4 Å². The molecule has 4 aromatic carbocycles. The summed E-state index contributed by atoms with van der Waals surface area (Å²) in [6.07, 6.45) is 3.29. The van der Waals surface area contributed by atoms with Gasteiger partial charge in [-0.25, -0.2) is 4.98 Å². The van der Waals surface area contributed by atoms with Crippen molar-refractivity contribution >= 4 is 0 Å². The van der Waals surface area contributed by atoms with E-state index in [1.807, 2.05) is 24.3 Å². The van der Waals surface area contributed by atoms with Gasteiger partial charge in [-0.3, -0.25) is 4.90 Å². The molecule has 0 spiro atoms. The first-order valence-corrected chi connectivity index (χ1v) is 15.5. The monoisotopic (exact) mass is 573 g/mol. The molecule has 0 aliphatic heterocycles. The normalized spacial score (nSPS) is 11.2. The van der Waals surface area contributed by atoms with Gasteiger partial charge in [0.2, 0.25) is 0 Å². The SMILES string of the molecule is CCCCn1c(-c2ccccc2)nc(-c2ccccc2)c1CN(CCC)Cc1ccc(OC)c(OCc2ccccc2)c1. The average molecular weight is 574 g/mol. The van der Waals surface area contributed by atoms with Crippen LogP contribution in [0.3, 0.4) is 0 Å². The molecule has 0 N–H and O–H groups in total. The van der Waals surface area contributed by atoms with Crippen molar-refractivity contribution in [2.45, 2.75) is 59.4 Å². The lowest BCUT2D eigenvalue weighted by molar-refractivity contribution is 0.249. The van der Waals surface area contributed by atoms with Crippen LogP contribution in [0.2, 0.25) is 0 Å². The van der Waals surface area contributed by atoms with E-state index in [4.69, 9.17) is 14.5 Å². The Kier molecular flexibility index (Phi) is 10.7. The minimum atomic E-state index is 0.499. The van der Waals surface area contributed by atoms with Crippen molar-refractivity contribution in [3.63, 3.8) is 0 Å². The summed E-state index contributed by atoms with van der Waals surface area (Å²) in [4.78, 5) is 7.84. The highest BCUT2D eigenvalue weighted by Gasteiger charge is 2.22. The van der Waals surface area contributed by atoms with Gasteiger partial charge >= 0.3 is 0 Å². The van der Waals surface area contributed by atoms with Crippen molar-refractivity contribution in [2.24, 2.45) is 0 Å². The van der Waals surface area contributed by atoms with Gasteiger partial charge in [0.05, 0.1) is 18.5 Å². The summed E-state index contributed by atoms with van der Waals surface area (Å²) >= 11 is 0. The molecule has 0 bridgehead atoms. The first-order chi connectivity index (χ1) is 21.2. The van der Waals surface area contributed by atoms with Crippen molar-refractivity contribution in [1.82, 2.24) is 14.5 Å². The van der Waals surface area contributed by atoms with Gasteiger partial charge in [-0.15, -0.1) is 0 Å². The van der Waals surface area contributed by atoms with Crippen LogP contribution in [0.15, 0.2) is 109 Å². The van der Waals surface area contributed by atoms with Crippen LogP contribution in [0.5, 0.6) is 11.5 Å². The van der Waals surface area contributed by atoms with Crippen molar-refractivity contribution < 1.29 is 9.47 Å². The fourth-order valence-electron chi connectivity index (χ4n) is 5.51. The fourth-order valence-corrected chi connectivity index (χ4v) is 5.51. The summed E-state index contributed by atoms with van der Waals surface area (Å²) in [5.41, 5.74) is 6.97. The fraction of sp³-hybridized carbons (Fsp3) is 0.289. The van der Waals surface area contributed by atoms with Gasteiger partial charge < -0.3 is 14.0 Å². The van der Waals surface area contributed by atoms with Crippen LogP contribution in [0.4, 0.5) is 0 Å². The Morgan fingerprint density at radius 1 is 0.698 bits per heavy atom. The summed E-state index contributed by atoms with van der Waals surface area (Å²) in [5.74, 6) is 2.56. The molecule has 0 unspecified atom stereocenters. The zero-order chi connectivity index (χ0) is 29.9. The molecule has 5 nitrogen and oxygen atoms in total. The first-order valence-electron chi connectivity index (χ1n) is 15.5. The molecule has 0 saturated heterocycles. The standard InChI is InChI=1S/C38H43N3O2/c1-4-6-25-41-34(37(32-18-12-8-13-19-32)39-38(41)33-20-14-9-15-21-33)28-40(24-5-2)27-31-22-23-35(42-3)36(26-31)43-29-30-16-10-7-11-17-30/h7-23,26H,4-6,24-25,27-29H2,1-3H3. The highest BCUT2D eigenvalue weighted by Crippen LogP contribution is 2.33. The molecule has 1 aromatic heterocycles. The molecule has 1 heterocycles. The third kappa shape index (κ3) is 7.74. The topological polar surface area (TPSA) is 39.5 Å². The summed E-state index contributed by atoms with van der Waals surface area (Å²) < 4.78 is 14.4. The Labute approximate surface area is 256 Å². The Morgan fingerprint density at radius 3 is 2.02 bits per heavy atom. The number of benzene rings is 4. The van der Waals surface area contributed by atoms with E-state index < -0.39 is 0 Å². The predicted octanol–water partition coefficient (Wildman–Crippen LogP) is 9.02. The molecule has 0 aliphatic rings. The maximum Gasteiger partial charge on any atom is 0.161 e. The maximum atomic E-state index is 6.25. The van der Waals surface area contributed by atoms with Crippen molar-refractivity contribution in [2.75, 3.05) is 13.7 Å². The number of methoxy groups -OCH3 is 1. The Morgan fingerprint density at radius 2 is 1.37 bits per heavy atom. The number of unbranched alkanes of at least 4 members (excludes halogenated alkanes) is 1. The molecular weight excluding hydrogens is 530 g/mol. The third-order valence-corrected chi connectivity index (χ3v) is 7.67. The number of rotatable bonds is 15. The quantitative estimate of drug-likeness (QED) is 0.125. The molecule has 0 radical (unpaired) electrons. The second-order valence-corrected chi connectivity index (χ2v) is 10.9. The van der Waals surface area contributed by atoms with Crippen LogP contribution < -0.4 is 9.47 Å². The minimum Gasteiger partial charge on any atom is -0.493 e. The lowest BCUT2D eigenvalue weighted by Gasteiger charge is -2.24. The summed E-state index contributed by atoms with van der Waals surface area (Å²) in [6, 6.07) is 37.8.